The van der Waals surface area contributed by atoms with Crippen molar-refractivity contribution in [1.29, 1.82) is 5.26 Å². The summed E-state index contributed by atoms with van der Waals surface area (Å²) in [7, 11) is 0. The first-order valence-electron chi connectivity index (χ1n) is 6.80. The Kier molecular flexibility index (Phi) is 6.20. The molecule has 0 aromatic heterocycles. The molecule has 0 aliphatic heterocycles. The van der Waals surface area contributed by atoms with Crippen molar-refractivity contribution in [2.75, 3.05) is 17.6 Å². The lowest BCUT2D eigenvalue weighted by molar-refractivity contribution is 0.445. The molecule has 0 amide bonds. The van der Waals surface area contributed by atoms with E-state index in [1.807, 2.05) is 18.2 Å². The molecule has 0 radical (unpaired) electrons. The molecule has 4 heteroatoms. The maximum Gasteiger partial charge on any atom is 0.102 e. The molecular weight excluding hydrogens is 254 g/mol. The number of nitrogens with one attached hydrogen (secondary N) is 1. The topological polar surface area (TPSA) is 61.8 Å². The third-order valence-corrected chi connectivity index (χ3v) is 4.52. The van der Waals surface area contributed by atoms with Gasteiger partial charge in [-0.2, -0.15) is 5.26 Å². The highest BCUT2D eigenvalue weighted by Crippen LogP contribution is 2.30. The molecule has 0 aliphatic carbocycles. The summed E-state index contributed by atoms with van der Waals surface area (Å²) >= 11 is 1.70. The monoisotopic (exact) mass is 277 g/mol. The second-order valence-corrected chi connectivity index (χ2v) is 5.85. The molecule has 0 fully saturated rings. The van der Waals surface area contributed by atoms with Crippen LogP contribution in [-0.2, 0) is 0 Å². The van der Waals surface area contributed by atoms with E-state index in [9.17, 15) is 5.26 Å². The van der Waals surface area contributed by atoms with E-state index < -0.39 is 0 Å². The van der Waals surface area contributed by atoms with E-state index in [2.05, 4.69) is 32.2 Å². The van der Waals surface area contributed by atoms with E-state index >= 15 is 0 Å². The predicted octanol–water partition coefficient (Wildman–Crippen LogP) is 3.60. The molecule has 0 saturated carbocycles. The van der Waals surface area contributed by atoms with Crippen LogP contribution in [0.3, 0.4) is 0 Å². The quantitative estimate of drug-likeness (QED) is 0.748. The summed E-state index contributed by atoms with van der Waals surface area (Å²) in [4.78, 5) is 1.04. The number of nitrogens with zero attached hydrogens (tertiary/aromatic N) is 1. The summed E-state index contributed by atoms with van der Waals surface area (Å²) in [6, 6.07) is 8.28. The minimum absolute atomic E-state index is 0.124. The second-order valence-electron chi connectivity index (χ2n) is 4.54. The van der Waals surface area contributed by atoms with Crippen LogP contribution in [0.1, 0.15) is 39.2 Å². The molecule has 1 aromatic carbocycles. The summed E-state index contributed by atoms with van der Waals surface area (Å²) in [6.45, 7) is 6.91. The van der Waals surface area contributed by atoms with Crippen molar-refractivity contribution in [2.24, 2.45) is 5.73 Å². The highest BCUT2D eigenvalue weighted by molar-refractivity contribution is 7.99. The first-order chi connectivity index (χ1) is 9.16. The molecule has 0 saturated heterocycles. The van der Waals surface area contributed by atoms with Crippen molar-refractivity contribution in [3.63, 3.8) is 0 Å². The number of anilines is 1. The van der Waals surface area contributed by atoms with Gasteiger partial charge in [0.15, 0.2) is 0 Å². The first-order valence-corrected chi connectivity index (χ1v) is 7.79. The fourth-order valence-electron chi connectivity index (χ4n) is 2.08. The van der Waals surface area contributed by atoms with Gasteiger partial charge in [0.1, 0.15) is 6.07 Å². The number of benzene rings is 1. The van der Waals surface area contributed by atoms with Crippen LogP contribution in [0.15, 0.2) is 23.1 Å². The smallest absolute Gasteiger partial charge is 0.102 e. The van der Waals surface area contributed by atoms with Crippen LogP contribution in [-0.4, -0.2) is 17.8 Å². The molecule has 0 bridgehead atoms. The van der Waals surface area contributed by atoms with Gasteiger partial charge in [0.05, 0.1) is 11.3 Å². The minimum atomic E-state index is -0.124. The van der Waals surface area contributed by atoms with Crippen molar-refractivity contribution < 1.29 is 0 Å². The van der Waals surface area contributed by atoms with Gasteiger partial charge in [0, 0.05) is 17.0 Å². The number of nitriles is 1. The lowest BCUT2D eigenvalue weighted by atomic mass is 9.92. The van der Waals surface area contributed by atoms with Crippen LogP contribution in [0.5, 0.6) is 0 Å². The standard InChI is InChI=1S/C15H23N3S/c1-4-15(5-2,11-17)18-13-8-7-9-14(19-6-3)12(13)10-16/h7-9,18H,4-6,11,17H2,1-3H3. The zero-order chi connectivity index (χ0) is 14.3. The molecule has 1 aromatic rings. The van der Waals surface area contributed by atoms with Crippen molar-refractivity contribution in [3.8, 4) is 6.07 Å². The van der Waals surface area contributed by atoms with Gasteiger partial charge in [0.25, 0.3) is 0 Å². The Labute approximate surface area is 120 Å². The fraction of sp³-hybridized carbons (Fsp3) is 0.533. The third-order valence-electron chi connectivity index (χ3n) is 3.58. The Morgan fingerprint density at radius 2 is 2.00 bits per heavy atom. The Bertz CT molecular complexity index is 439. The molecule has 3 N–H and O–H groups in total. The van der Waals surface area contributed by atoms with Crippen LogP contribution in [0.25, 0.3) is 0 Å². The highest BCUT2D eigenvalue weighted by Gasteiger charge is 2.25. The van der Waals surface area contributed by atoms with Crippen LogP contribution < -0.4 is 11.1 Å². The Balaban J connectivity index is 3.14. The molecule has 0 heterocycles. The SMILES string of the molecule is CCSc1cccc(NC(CC)(CC)CN)c1C#N. The Morgan fingerprint density at radius 3 is 2.47 bits per heavy atom. The van der Waals surface area contributed by atoms with E-state index in [1.165, 1.54) is 0 Å². The summed E-state index contributed by atoms with van der Waals surface area (Å²) in [5.74, 6) is 0.960. The number of hydrogen-bond donors (Lipinski definition) is 2. The van der Waals surface area contributed by atoms with Gasteiger partial charge >= 0.3 is 0 Å². The maximum atomic E-state index is 9.41. The zero-order valence-electron chi connectivity index (χ0n) is 12.0. The summed E-state index contributed by atoms with van der Waals surface area (Å²) in [6.07, 6.45) is 1.88. The van der Waals surface area contributed by atoms with E-state index in [4.69, 9.17) is 5.73 Å². The van der Waals surface area contributed by atoms with E-state index in [1.54, 1.807) is 11.8 Å². The summed E-state index contributed by atoms with van der Waals surface area (Å²) < 4.78 is 0. The molecule has 1 rings (SSSR count). The van der Waals surface area contributed by atoms with Crippen LogP contribution in [0, 0.1) is 11.3 Å². The molecule has 0 aliphatic rings. The van der Waals surface area contributed by atoms with Gasteiger partial charge in [-0.1, -0.05) is 26.8 Å². The van der Waals surface area contributed by atoms with Crippen LogP contribution in [0.2, 0.25) is 0 Å². The lowest BCUT2D eigenvalue weighted by Gasteiger charge is -2.33. The largest absolute Gasteiger partial charge is 0.377 e. The first kappa shape index (κ1) is 15.9. The van der Waals surface area contributed by atoms with Crippen LogP contribution >= 0.6 is 11.8 Å². The van der Waals surface area contributed by atoms with Crippen molar-refractivity contribution in [2.45, 2.75) is 44.0 Å². The second kappa shape index (κ2) is 7.42. The molecular formula is C15H23N3S. The fourth-order valence-corrected chi connectivity index (χ4v) is 2.86. The molecule has 0 spiro atoms. The normalized spacial score (nSPS) is 11.1. The maximum absolute atomic E-state index is 9.41. The Morgan fingerprint density at radius 1 is 1.32 bits per heavy atom. The van der Waals surface area contributed by atoms with Gasteiger partial charge < -0.3 is 11.1 Å². The van der Waals surface area contributed by atoms with E-state index in [-0.39, 0.29) is 5.54 Å². The zero-order valence-corrected chi connectivity index (χ0v) is 12.8. The van der Waals surface area contributed by atoms with Gasteiger partial charge in [-0.25, -0.2) is 0 Å². The van der Waals surface area contributed by atoms with Crippen molar-refractivity contribution in [3.05, 3.63) is 23.8 Å². The number of rotatable bonds is 7. The molecule has 0 atom stereocenters. The summed E-state index contributed by atoms with van der Waals surface area (Å²) in [5, 5.41) is 12.9. The number of hydrogen-bond acceptors (Lipinski definition) is 4. The number of nitrogens with two attached hydrogens (primary N) is 1. The minimum Gasteiger partial charge on any atom is -0.377 e. The van der Waals surface area contributed by atoms with Gasteiger partial charge in [-0.3, -0.25) is 0 Å². The molecule has 0 unspecified atom stereocenters. The van der Waals surface area contributed by atoms with Gasteiger partial charge in [0.2, 0.25) is 0 Å². The predicted molar refractivity (Wildman–Crippen MR) is 83.5 cm³/mol. The molecule has 19 heavy (non-hydrogen) atoms. The average Bonchev–Trinajstić information content (AvgIpc) is 2.45. The van der Waals surface area contributed by atoms with Crippen LogP contribution in [0.4, 0.5) is 5.69 Å². The highest BCUT2D eigenvalue weighted by atomic mass is 32.2. The summed E-state index contributed by atoms with van der Waals surface area (Å²) in [5.41, 5.74) is 7.42. The average molecular weight is 277 g/mol. The lowest BCUT2D eigenvalue weighted by Crippen LogP contribution is -2.44. The Hall–Kier alpha value is -1.18. The third kappa shape index (κ3) is 3.65. The van der Waals surface area contributed by atoms with E-state index in [0.29, 0.717) is 6.54 Å². The van der Waals surface area contributed by atoms with Gasteiger partial charge in [-0.05, 0) is 30.7 Å². The number of thioether (sulfide) groups is 1. The van der Waals surface area contributed by atoms with E-state index in [0.717, 1.165) is 34.7 Å². The van der Waals surface area contributed by atoms with Crippen molar-refractivity contribution >= 4 is 17.4 Å². The molecule has 3 nitrogen and oxygen atoms in total. The molecule has 104 valence electrons. The van der Waals surface area contributed by atoms with Gasteiger partial charge in [-0.15, -0.1) is 11.8 Å². The van der Waals surface area contributed by atoms with Crippen molar-refractivity contribution in [1.82, 2.24) is 0 Å².